The van der Waals surface area contributed by atoms with Crippen molar-refractivity contribution in [3.63, 3.8) is 0 Å². The number of nitrogens with one attached hydrogen (secondary N) is 2. The maximum Gasteiger partial charge on any atom is 0.249 e. The van der Waals surface area contributed by atoms with Crippen LogP contribution in [0.2, 0.25) is 5.02 Å². The number of anilines is 2. The molecule has 3 rings (SSSR count). The summed E-state index contributed by atoms with van der Waals surface area (Å²) in [6.07, 6.45) is 1.19. The van der Waals surface area contributed by atoms with E-state index in [1.807, 2.05) is 0 Å². The number of hydrogen-bond acceptors (Lipinski definition) is 4. The molecular formula is C12H9ClFN5O2. The number of aromatic nitrogens is 3. The second-order valence-electron chi connectivity index (χ2n) is 4.41. The third-order valence-electron chi connectivity index (χ3n) is 2.99. The molecular weight excluding hydrogens is 301 g/mol. The molecule has 108 valence electrons. The molecule has 21 heavy (non-hydrogen) atoms. The van der Waals surface area contributed by atoms with Crippen molar-refractivity contribution >= 4 is 35.1 Å². The van der Waals surface area contributed by atoms with E-state index in [9.17, 15) is 14.0 Å². The molecule has 1 aromatic heterocycles. The molecule has 0 aliphatic carbocycles. The van der Waals surface area contributed by atoms with Crippen LogP contribution in [0.4, 0.5) is 16.0 Å². The van der Waals surface area contributed by atoms with E-state index in [1.54, 1.807) is 0 Å². The second-order valence-corrected chi connectivity index (χ2v) is 4.82. The van der Waals surface area contributed by atoms with Gasteiger partial charge in [0, 0.05) is 5.69 Å². The summed E-state index contributed by atoms with van der Waals surface area (Å²) in [5.74, 6) is -1.15. The second kappa shape index (κ2) is 5.13. The van der Waals surface area contributed by atoms with Crippen molar-refractivity contribution in [1.82, 2.24) is 14.8 Å². The van der Waals surface area contributed by atoms with Crippen LogP contribution in [0.3, 0.4) is 0 Å². The number of rotatable bonds is 2. The molecule has 1 aliphatic heterocycles. The van der Waals surface area contributed by atoms with Gasteiger partial charge in [-0.2, -0.15) is 10.1 Å². The summed E-state index contributed by atoms with van der Waals surface area (Å²) in [5.41, 5.74) is 0.332. The van der Waals surface area contributed by atoms with E-state index >= 15 is 0 Å². The Kier molecular flexibility index (Phi) is 3.30. The summed E-state index contributed by atoms with van der Waals surface area (Å²) in [4.78, 5) is 27.6. The van der Waals surface area contributed by atoms with Gasteiger partial charge in [0.05, 0.1) is 11.4 Å². The first-order valence-corrected chi connectivity index (χ1v) is 6.37. The number of benzene rings is 1. The molecule has 0 fully saturated rings. The minimum absolute atomic E-state index is 0.0584. The SMILES string of the molecule is O=C1C[C@@H](C(=O)Nc2ccc(F)c(Cl)c2)n2ncnc2N1. The van der Waals surface area contributed by atoms with Crippen molar-refractivity contribution in [3.8, 4) is 0 Å². The highest BCUT2D eigenvalue weighted by Crippen LogP contribution is 2.24. The lowest BCUT2D eigenvalue weighted by atomic mass is 10.1. The highest BCUT2D eigenvalue weighted by molar-refractivity contribution is 6.31. The highest BCUT2D eigenvalue weighted by atomic mass is 35.5. The van der Waals surface area contributed by atoms with Crippen LogP contribution < -0.4 is 10.6 Å². The molecule has 0 radical (unpaired) electrons. The number of carbonyl (C=O) groups excluding carboxylic acids is 2. The number of amides is 2. The lowest BCUT2D eigenvalue weighted by molar-refractivity contribution is -0.125. The van der Waals surface area contributed by atoms with Crippen molar-refractivity contribution in [2.75, 3.05) is 10.6 Å². The normalized spacial score (nSPS) is 17.0. The molecule has 0 bridgehead atoms. The zero-order valence-corrected chi connectivity index (χ0v) is 11.3. The quantitative estimate of drug-likeness (QED) is 0.881. The highest BCUT2D eigenvalue weighted by Gasteiger charge is 2.31. The Morgan fingerprint density at radius 1 is 1.52 bits per heavy atom. The van der Waals surface area contributed by atoms with Gasteiger partial charge in [0.25, 0.3) is 0 Å². The Morgan fingerprint density at radius 3 is 3.10 bits per heavy atom. The van der Waals surface area contributed by atoms with E-state index in [0.29, 0.717) is 5.69 Å². The van der Waals surface area contributed by atoms with Crippen LogP contribution in [0.5, 0.6) is 0 Å². The van der Waals surface area contributed by atoms with Crippen LogP contribution in [0.15, 0.2) is 24.5 Å². The minimum Gasteiger partial charge on any atom is -0.324 e. The predicted octanol–water partition coefficient (Wildman–Crippen LogP) is 1.59. The monoisotopic (exact) mass is 309 g/mol. The molecule has 0 unspecified atom stereocenters. The van der Waals surface area contributed by atoms with Gasteiger partial charge >= 0.3 is 0 Å². The average molecular weight is 310 g/mol. The molecule has 0 saturated carbocycles. The molecule has 2 N–H and O–H groups in total. The summed E-state index contributed by atoms with van der Waals surface area (Å²) in [6.45, 7) is 0. The molecule has 1 aliphatic rings. The first kappa shape index (κ1) is 13.5. The molecule has 9 heteroatoms. The van der Waals surface area contributed by atoms with Gasteiger partial charge in [0.1, 0.15) is 18.2 Å². The fraction of sp³-hybridized carbons (Fsp3) is 0.167. The van der Waals surface area contributed by atoms with Gasteiger partial charge in [-0.05, 0) is 18.2 Å². The Labute approximate surface area is 123 Å². The fourth-order valence-electron chi connectivity index (χ4n) is 2.01. The van der Waals surface area contributed by atoms with Gasteiger partial charge in [-0.15, -0.1) is 0 Å². The van der Waals surface area contributed by atoms with Crippen molar-refractivity contribution in [2.24, 2.45) is 0 Å². The van der Waals surface area contributed by atoms with E-state index in [2.05, 4.69) is 20.7 Å². The first-order chi connectivity index (χ1) is 10.0. The molecule has 2 heterocycles. The topological polar surface area (TPSA) is 88.9 Å². The molecule has 0 saturated heterocycles. The smallest absolute Gasteiger partial charge is 0.249 e. The Balaban J connectivity index is 1.83. The lowest BCUT2D eigenvalue weighted by Gasteiger charge is -2.22. The Bertz CT molecular complexity index is 732. The van der Waals surface area contributed by atoms with Gasteiger partial charge in [0.2, 0.25) is 17.8 Å². The number of carbonyl (C=O) groups is 2. The zero-order chi connectivity index (χ0) is 15.0. The Morgan fingerprint density at radius 2 is 2.33 bits per heavy atom. The van der Waals surface area contributed by atoms with Crippen molar-refractivity contribution < 1.29 is 14.0 Å². The van der Waals surface area contributed by atoms with Crippen molar-refractivity contribution in [2.45, 2.75) is 12.5 Å². The fourth-order valence-corrected chi connectivity index (χ4v) is 2.19. The van der Waals surface area contributed by atoms with Crippen LogP contribution in [0, 0.1) is 5.82 Å². The number of hydrogen-bond donors (Lipinski definition) is 2. The summed E-state index contributed by atoms with van der Waals surface area (Å²) in [5, 5.41) is 8.89. The van der Waals surface area contributed by atoms with Gasteiger partial charge in [-0.25, -0.2) is 9.07 Å². The van der Waals surface area contributed by atoms with E-state index in [1.165, 1.54) is 23.1 Å². The summed E-state index contributed by atoms with van der Waals surface area (Å²) in [6, 6.07) is 3.00. The maximum atomic E-state index is 13.1. The van der Waals surface area contributed by atoms with Crippen LogP contribution in [-0.4, -0.2) is 26.6 Å². The average Bonchev–Trinajstić information content (AvgIpc) is 2.90. The van der Waals surface area contributed by atoms with E-state index in [0.717, 1.165) is 6.07 Å². The first-order valence-electron chi connectivity index (χ1n) is 6.00. The van der Waals surface area contributed by atoms with Gasteiger partial charge in [-0.3, -0.25) is 14.9 Å². The number of nitrogens with zero attached hydrogens (tertiary/aromatic N) is 3. The summed E-state index contributed by atoms with van der Waals surface area (Å²) >= 11 is 5.65. The number of halogens is 2. The third-order valence-corrected chi connectivity index (χ3v) is 3.28. The maximum absolute atomic E-state index is 13.1. The molecule has 2 amide bonds. The molecule has 1 atom stereocenters. The van der Waals surface area contributed by atoms with Gasteiger partial charge in [-0.1, -0.05) is 11.6 Å². The van der Waals surface area contributed by atoms with Crippen LogP contribution in [-0.2, 0) is 9.59 Å². The number of fused-ring (bicyclic) bond motifs is 1. The predicted molar refractivity (Wildman–Crippen MR) is 72.3 cm³/mol. The lowest BCUT2D eigenvalue weighted by Crippen LogP contribution is -2.36. The van der Waals surface area contributed by atoms with Crippen LogP contribution in [0.1, 0.15) is 12.5 Å². The Hall–Kier alpha value is -2.48. The van der Waals surface area contributed by atoms with E-state index in [4.69, 9.17) is 11.6 Å². The van der Waals surface area contributed by atoms with E-state index in [-0.39, 0.29) is 23.3 Å². The van der Waals surface area contributed by atoms with Gasteiger partial charge in [0.15, 0.2) is 0 Å². The zero-order valence-electron chi connectivity index (χ0n) is 10.5. The summed E-state index contributed by atoms with van der Waals surface area (Å²) in [7, 11) is 0. The minimum atomic E-state index is -0.819. The standard InChI is InChI=1S/C12H9ClFN5O2/c13-7-3-6(1-2-8(7)14)17-11(21)9-4-10(20)18-12-15-5-16-19(9)12/h1-3,5,9H,4H2,(H,17,21)(H,15,16,18,20)/t9-/m0/s1. The molecule has 1 aromatic carbocycles. The van der Waals surface area contributed by atoms with Crippen molar-refractivity contribution in [3.05, 3.63) is 35.4 Å². The summed E-state index contributed by atoms with van der Waals surface area (Å²) < 4.78 is 14.4. The van der Waals surface area contributed by atoms with Crippen LogP contribution >= 0.6 is 11.6 Å². The largest absolute Gasteiger partial charge is 0.324 e. The van der Waals surface area contributed by atoms with Crippen molar-refractivity contribution in [1.29, 1.82) is 0 Å². The molecule has 2 aromatic rings. The molecule has 0 spiro atoms. The third kappa shape index (κ3) is 2.57. The van der Waals surface area contributed by atoms with E-state index < -0.39 is 17.8 Å². The van der Waals surface area contributed by atoms with Crippen LogP contribution in [0.25, 0.3) is 0 Å². The van der Waals surface area contributed by atoms with Gasteiger partial charge < -0.3 is 5.32 Å². The molecule has 7 nitrogen and oxygen atoms in total.